The van der Waals surface area contributed by atoms with Crippen LogP contribution in [0.3, 0.4) is 0 Å². The van der Waals surface area contributed by atoms with Crippen LogP contribution in [0.1, 0.15) is 19.4 Å². The molecule has 0 aliphatic carbocycles. The van der Waals surface area contributed by atoms with Gasteiger partial charge < -0.3 is 15.0 Å². The number of thioether (sulfide) groups is 1. The second-order valence-electron chi connectivity index (χ2n) is 4.36. The largest absolute Gasteiger partial charge is 0.494 e. The third kappa shape index (κ3) is 3.22. The van der Waals surface area contributed by atoms with Gasteiger partial charge in [-0.3, -0.25) is 0 Å². The molecule has 0 unspecified atom stereocenters. The normalized spacial score (nSPS) is 13.9. The zero-order valence-corrected chi connectivity index (χ0v) is 12.8. The summed E-state index contributed by atoms with van der Waals surface area (Å²) in [4.78, 5) is 0. The fourth-order valence-electron chi connectivity index (χ4n) is 1.78. The summed E-state index contributed by atoms with van der Waals surface area (Å²) < 4.78 is 19.7. The maximum Gasteiger partial charge on any atom is 0.494 e. The first-order valence-electron chi connectivity index (χ1n) is 5.68. The molecule has 19 heavy (non-hydrogen) atoms. The summed E-state index contributed by atoms with van der Waals surface area (Å²) in [7, 11) is -1.25. The van der Waals surface area contributed by atoms with Crippen molar-refractivity contribution < 1.29 is 14.1 Å². The highest BCUT2D eigenvalue weighted by atomic mass is 35.5. The fourth-order valence-corrected chi connectivity index (χ4v) is 3.31. The van der Waals surface area contributed by atoms with Gasteiger partial charge in [-0.2, -0.15) is 0 Å². The lowest BCUT2D eigenvalue weighted by Gasteiger charge is -2.14. The summed E-state index contributed by atoms with van der Waals surface area (Å²) in [5, 5.41) is 12.9. The Labute approximate surface area is 126 Å². The molecule has 0 radical (unpaired) electrons. The average Bonchev–Trinajstić information content (AvgIpc) is 2.65. The monoisotopic (exact) mass is 319 g/mol. The summed E-state index contributed by atoms with van der Waals surface area (Å²) >= 11 is 12.6. The van der Waals surface area contributed by atoms with Crippen molar-refractivity contribution in [3.63, 3.8) is 0 Å². The van der Waals surface area contributed by atoms with Crippen LogP contribution in [0.4, 0.5) is 10.1 Å². The lowest BCUT2D eigenvalue weighted by Crippen LogP contribution is -2.32. The quantitative estimate of drug-likeness (QED) is 0.648. The van der Waals surface area contributed by atoms with E-state index in [2.05, 4.69) is 5.32 Å². The number of nitrogens with one attached hydrogen (secondary N) is 1. The summed E-state index contributed by atoms with van der Waals surface area (Å²) in [5.41, 5.74) is 0.773. The van der Waals surface area contributed by atoms with Crippen molar-refractivity contribution >= 4 is 58.2 Å². The van der Waals surface area contributed by atoms with Crippen LogP contribution in [0.25, 0.3) is 0 Å². The molecule has 2 N–H and O–H groups in total. The molecule has 2 rings (SSSR count). The van der Waals surface area contributed by atoms with E-state index in [1.807, 2.05) is 13.8 Å². The first-order chi connectivity index (χ1) is 8.90. The van der Waals surface area contributed by atoms with Crippen molar-refractivity contribution in [1.29, 1.82) is 0 Å². The Hall–Kier alpha value is -0.335. The summed E-state index contributed by atoms with van der Waals surface area (Å²) in [6.45, 7) is 4.12. The van der Waals surface area contributed by atoms with E-state index in [0.717, 1.165) is 0 Å². The number of thiocarbonyl (C=S) groups is 1. The second kappa shape index (κ2) is 5.97. The van der Waals surface area contributed by atoms with Gasteiger partial charge in [0.15, 0.2) is 0 Å². The van der Waals surface area contributed by atoms with E-state index in [0.29, 0.717) is 9.88 Å². The molecule has 1 aromatic carbocycles. The average molecular weight is 320 g/mol. The zero-order chi connectivity index (χ0) is 14.2. The second-order valence-corrected chi connectivity index (χ2v) is 7.02. The number of anilines is 1. The Balaban J connectivity index is 2.31. The van der Waals surface area contributed by atoms with Gasteiger partial charge in [0, 0.05) is 10.7 Å². The molecule has 0 atom stereocenters. The van der Waals surface area contributed by atoms with Gasteiger partial charge in [0.2, 0.25) is 0 Å². The molecule has 0 saturated heterocycles. The molecule has 1 aliphatic heterocycles. The molecule has 1 aliphatic rings. The maximum absolute atomic E-state index is 14.3. The molecule has 0 aromatic heterocycles. The maximum atomic E-state index is 14.3. The van der Waals surface area contributed by atoms with Crippen molar-refractivity contribution in [3.05, 3.63) is 22.5 Å². The minimum atomic E-state index is -1.25. The van der Waals surface area contributed by atoms with Gasteiger partial charge in [-0.05, 0) is 11.6 Å². The van der Waals surface area contributed by atoms with Gasteiger partial charge in [0.05, 0.1) is 17.3 Å². The van der Waals surface area contributed by atoms with Crippen molar-refractivity contribution in [3.8, 4) is 0 Å². The minimum Gasteiger partial charge on any atom is -0.423 e. The molecule has 1 aromatic rings. The van der Waals surface area contributed by atoms with Crippen LogP contribution < -0.4 is 10.8 Å². The lowest BCUT2D eigenvalue weighted by molar-refractivity contribution is 0.275. The zero-order valence-electron chi connectivity index (χ0n) is 10.4. The van der Waals surface area contributed by atoms with Crippen LogP contribution in [0.15, 0.2) is 6.07 Å². The molecule has 0 amide bonds. The number of hydrogen-bond acceptors (Lipinski definition) is 4. The Morgan fingerprint density at radius 3 is 3.00 bits per heavy atom. The van der Waals surface area contributed by atoms with Gasteiger partial charge in [-0.25, -0.2) is 4.39 Å². The van der Waals surface area contributed by atoms with Crippen LogP contribution in [0.5, 0.6) is 0 Å². The van der Waals surface area contributed by atoms with Crippen LogP contribution >= 0.6 is 35.6 Å². The third-order valence-corrected chi connectivity index (χ3v) is 4.03. The number of halogens is 2. The lowest BCUT2D eigenvalue weighted by atomic mass is 9.79. The number of benzene rings is 1. The van der Waals surface area contributed by atoms with Gasteiger partial charge in [0.25, 0.3) is 0 Å². The third-order valence-electron chi connectivity index (χ3n) is 2.56. The molecule has 3 nitrogen and oxygen atoms in total. The Kier molecular flexibility index (Phi) is 4.73. The fraction of sp³-hybridized carbons (Fsp3) is 0.364. The van der Waals surface area contributed by atoms with E-state index in [9.17, 15) is 9.41 Å². The Morgan fingerprint density at radius 1 is 1.68 bits per heavy atom. The minimum absolute atomic E-state index is 0.0862. The van der Waals surface area contributed by atoms with E-state index in [4.69, 9.17) is 28.5 Å². The van der Waals surface area contributed by atoms with Crippen molar-refractivity contribution in [2.24, 2.45) is 0 Å². The predicted octanol–water partition coefficient (Wildman–Crippen LogP) is 2.54. The summed E-state index contributed by atoms with van der Waals surface area (Å²) in [6.07, 6.45) is 0. The highest BCUT2D eigenvalue weighted by Gasteiger charge is 2.33. The molecular formula is C11H12BClFNO2S2. The van der Waals surface area contributed by atoms with E-state index >= 15 is 0 Å². The number of fused-ring (bicyclic) bond motifs is 1. The van der Waals surface area contributed by atoms with Crippen LogP contribution in [-0.2, 0) is 11.3 Å². The molecule has 0 fully saturated rings. The first-order valence-corrected chi connectivity index (χ1v) is 7.34. The van der Waals surface area contributed by atoms with Crippen molar-refractivity contribution in [2.45, 2.75) is 25.7 Å². The van der Waals surface area contributed by atoms with E-state index in [1.165, 1.54) is 11.8 Å². The van der Waals surface area contributed by atoms with Crippen molar-refractivity contribution in [2.75, 3.05) is 5.32 Å². The Morgan fingerprint density at radius 2 is 2.37 bits per heavy atom. The van der Waals surface area contributed by atoms with Gasteiger partial charge >= 0.3 is 7.12 Å². The molecular weight excluding hydrogens is 308 g/mol. The van der Waals surface area contributed by atoms with E-state index in [1.54, 1.807) is 6.07 Å². The van der Waals surface area contributed by atoms with Gasteiger partial charge in [-0.1, -0.05) is 49.4 Å². The number of hydrogen-bond donors (Lipinski definition) is 2. The van der Waals surface area contributed by atoms with Gasteiger partial charge in [0.1, 0.15) is 10.1 Å². The summed E-state index contributed by atoms with van der Waals surface area (Å²) in [5.74, 6) is -0.612. The Bertz CT molecular complexity index is 530. The molecule has 0 bridgehead atoms. The standard InChI is InChI=1S/C11H12BClFNO2S2/c1-5(2)19-11(18)15-10-7(13)3-6-4-17-12(16)8(6)9(10)14/h3,5,16H,4H2,1-2H3,(H,15,18). The van der Waals surface area contributed by atoms with Crippen LogP contribution in [0, 0.1) is 5.82 Å². The smallest absolute Gasteiger partial charge is 0.423 e. The van der Waals surface area contributed by atoms with Crippen LogP contribution in [0.2, 0.25) is 5.02 Å². The number of rotatable bonds is 2. The van der Waals surface area contributed by atoms with E-state index < -0.39 is 12.9 Å². The SMILES string of the molecule is CC(C)SC(=S)Nc1c(Cl)cc2c(c1F)B(O)OC2. The molecule has 8 heteroatoms. The predicted molar refractivity (Wildman–Crippen MR) is 82.8 cm³/mol. The topological polar surface area (TPSA) is 41.5 Å². The van der Waals surface area contributed by atoms with Gasteiger partial charge in [-0.15, -0.1) is 0 Å². The molecule has 0 spiro atoms. The highest BCUT2D eigenvalue weighted by molar-refractivity contribution is 8.23. The molecule has 102 valence electrons. The van der Waals surface area contributed by atoms with Crippen LogP contribution in [-0.4, -0.2) is 21.7 Å². The summed E-state index contributed by atoms with van der Waals surface area (Å²) in [6, 6.07) is 1.58. The molecule has 1 heterocycles. The van der Waals surface area contributed by atoms with E-state index in [-0.39, 0.29) is 28.0 Å². The van der Waals surface area contributed by atoms with Crippen molar-refractivity contribution in [1.82, 2.24) is 0 Å². The molecule has 0 saturated carbocycles. The first kappa shape index (κ1) is 15.1. The highest BCUT2D eigenvalue weighted by Crippen LogP contribution is 2.29.